The number of hydrogen-bond acceptors (Lipinski definition) is 2. The lowest BCUT2D eigenvalue weighted by molar-refractivity contribution is -1.00. The Kier molecular flexibility index (Phi) is 6.07. The largest absolute Gasteiger partial charge is 0.319 e. The number of hydrogen-bond donors (Lipinski definition) is 3. The van der Waals surface area contributed by atoms with E-state index in [-0.39, 0.29) is 22.8 Å². The van der Waals surface area contributed by atoms with Gasteiger partial charge in [0.15, 0.2) is 12.3 Å². The zero-order valence-electron chi connectivity index (χ0n) is 14.7. The predicted molar refractivity (Wildman–Crippen MR) is 90.6 cm³/mol. The topological polar surface area (TPSA) is 55.1 Å². The van der Waals surface area contributed by atoms with Crippen LogP contribution in [0.5, 0.6) is 0 Å². The van der Waals surface area contributed by atoms with E-state index in [1.54, 1.807) is 18.2 Å². The third kappa shape index (κ3) is 5.39. The Morgan fingerprint density at radius 3 is 2.12 bits per heavy atom. The van der Waals surface area contributed by atoms with Crippen LogP contribution in [0.15, 0.2) is 24.3 Å². The lowest BCUT2D eigenvalue weighted by atomic mass is 9.90. The lowest BCUT2D eigenvalue weighted by Crippen LogP contribution is -3.28. The number of benzene rings is 1. The van der Waals surface area contributed by atoms with Gasteiger partial charge in [-0.2, -0.15) is 0 Å². The van der Waals surface area contributed by atoms with Crippen LogP contribution in [0.3, 0.4) is 0 Å². The minimum absolute atomic E-state index is 0.177. The molecular formula is C18H28FN3O2+2. The van der Waals surface area contributed by atoms with Crippen LogP contribution in [-0.4, -0.2) is 51.0 Å². The number of carbonyl (C=O) groups excluding carboxylic acids is 2. The van der Waals surface area contributed by atoms with Crippen LogP contribution >= 0.6 is 0 Å². The van der Waals surface area contributed by atoms with Crippen molar-refractivity contribution in [3.8, 4) is 0 Å². The van der Waals surface area contributed by atoms with E-state index < -0.39 is 5.82 Å². The van der Waals surface area contributed by atoms with E-state index in [1.807, 2.05) is 20.8 Å². The highest BCUT2D eigenvalue weighted by molar-refractivity contribution is 5.91. The van der Waals surface area contributed by atoms with Crippen molar-refractivity contribution in [3.05, 3.63) is 30.1 Å². The Labute approximate surface area is 142 Å². The van der Waals surface area contributed by atoms with Crippen molar-refractivity contribution in [2.75, 3.05) is 44.6 Å². The molecule has 2 rings (SSSR count). The van der Waals surface area contributed by atoms with Gasteiger partial charge in [0.2, 0.25) is 0 Å². The van der Waals surface area contributed by atoms with Gasteiger partial charge >= 0.3 is 0 Å². The molecule has 1 aromatic rings. The van der Waals surface area contributed by atoms with Crippen LogP contribution in [0.2, 0.25) is 0 Å². The molecule has 0 saturated carbocycles. The van der Waals surface area contributed by atoms with Gasteiger partial charge in [-0.05, 0) is 12.1 Å². The first-order valence-corrected chi connectivity index (χ1v) is 8.50. The summed E-state index contributed by atoms with van der Waals surface area (Å²) in [7, 11) is 0. The average Bonchev–Trinajstić information content (AvgIpc) is 2.50. The summed E-state index contributed by atoms with van der Waals surface area (Å²) in [4.78, 5) is 26.6. The van der Waals surface area contributed by atoms with Gasteiger partial charge < -0.3 is 15.1 Å². The van der Waals surface area contributed by atoms with Gasteiger partial charge in [-0.25, -0.2) is 4.39 Å². The third-order valence-electron chi connectivity index (χ3n) is 4.47. The number of carbonyl (C=O) groups is 2. The normalized spacial score (nSPS) is 21.3. The molecule has 1 aromatic carbocycles. The molecule has 1 aliphatic rings. The fourth-order valence-corrected chi connectivity index (χ4v) is 2.79. The van der Waals surface area contributed by atoms with Gasteiger partial charge in [-0.15, -0.1) is 0 Å². The van der Waals surface area contributed by atoms with E-state index in [1.165, 1.54) is 15.9 Å². The van der Waals surface area contributed by atoms with Gasteiger partial charge in [0.25, 0.3) is 5.91 Å². The van der Waals surface area contributed by atoms with Gasteiger partial charge in [0, 0.05) is 5.41 Å². The van der Waals surface area contributed by atoms with Gasteiger partial charge in [-0.1, -0.05) is 32.9 Å². The first kappa shape index (κ1) is 18.5. The summed E-state index contributed by atoms with van der Waals surface area (Å²) in [6.07, 6.45) is 0. The van der Waals surface area contributed by atoms with Gasteiger partial charge in [0.1, 0.15) is 38.5 Å². The average molecular weight is 337 g/mol. The minimum Gasteiger partial charge on any atom is -0.319 e. The molecule has 0 unspecified atom stereocenters. The molecule has 0 bridgehead atoms. The van der Waals surface area contributed by atoms with Crippen LogP contribution in [0.4, 0.5) is 10.1 Å². The summed E-state index contributed by atoms with van der Waals surface area (Å²) in [6, 6.07) is 6.18. The van der Waals surface area contributed by atoms with Crippen molar-refractivity contribution >= 4 is 17.4 Å². The van der Waals surface area contributed by atoms with Gasteiger partial charge in [-0.3, -0.25) is 9.59 Å². The first-order valence-electron chi connectivity index (χ1n) is 8.50. The molecule has 0 spiro atoms. The Morgan fingerprint density at radius 1 is 1.04 bits per heavy atom. The van der Waals surface area contributed by atoms with E-state index in [0.717, 1.165) is 26.2 Å². The number of anilines is 1. The van der Waals surface area contributed by atoms with Crippen LogP contribution in [-0.2, 0) is 9.59 Å². The lowest BCUT2D eigenvalue weighted by Gasteiger charge is -2.30. The maximum absolute atomic E-state index is 13.5. The molecule has 1 heterocycles. The molecule has 1 amide bonds. The van der Waals surface area contributed by atoms with Crippen molar-refractivity contribution in [1.82, 2.24) is 0 Å². The van der Waals surface area contributed by atoms with E-state index in [4.69, 9.17) is 0 Å². The second-order valence-electron chi connectivity index (χ2n) is 7.55. The summed E-state index contributed by atoms with van der Waals surface area (Å²) in [5.74, 6) is -0.321. The first-order chi connectivity index (χ1) is 11.3. The number of para-hydroxylation sites is 1. The highest BCUT2D eigenvalue weighted by atomic mass is 19.1. The number of halogens is 1. The number of nitrogens with one attached hydrogen (secondary N) is 3. The number of Topliss-reactive ketones (excluding diaryl/α,β-unsaturated/α-hetero) is 1. The highest BCUT2D eigenvalue weighted by Crippen LogP contribution is 2.13. The second-order valence-corrected chi connectivity index (χ2v) is 7.55. The molecule has 0 aliphatic carbocycles. The van der Waals surface area contributed by atoms with Crippen molar-refractivity contribution in [2.24, 2.45) is 5.41 Å². The molecule has 3 N–H and O–H groups in total. The maximum Gasteiger partial charge on any atom is 0.279 e. The monoisotopic (exact) mass is 337 g/mol. The van der Waals surface area contributed by atoms with E-state index >= 15 is 0 Å². The quantitative estimate of drug-likeness (QED) is 0.657. The number of piperazine rings is 1. The molecule has 24 heavy (non-hydrogen) atoms. The molecule has 132 valence electrons. The van der Waals surface area contributed by atoms with Crippen molar-refractivity contribution in [2.45, 2.75) is 20.8 Å². The van der Waals surface area contributed by atoms with Crippen LogP contribution in [0, 0.1) is 11.2 Å². The molecule has 1 saturated heterocycles. The molecule has 6 heteroatoms. The van der Waals surface area contributed by atoms with Gasteiger partial charge in [0.05, 0.1) is 5.69 Å². The fourth-order valence-electron chi connectivity index (χ4n) is 2.79. The number of rotatable bonds is 5. The second kappa shape index (κ2) is 7.85. The van der Waals surface area contributed by atoms with Crippen molar-refractivity contribution in [3.63, 3.8) is 0 Å². The number of ketones is 1. The van der Waals surface area contributed by atoms with E-state index in [0.29, 0.717) is 13.1 Å². The molecule has 0 radical (unpaired) electrons. The van der Waals surface area contributed by atoms with Crippen molar-refractivity contribution in [1.29, 1.82) is 0 Å². The van der Waals surface area contributed by atoms with E-state index in [9.17, 15) is 14.0 Å². The summed E-state index contributed by atoms with van der Waals surface area (Å²) in [5.41, 5.74) is -0.0710. The molecule has 0 aromatic heterocycles. The number of amides is 1. The summed E-state index contributed by atoms with van der Waals surface area (Å²) >= 11 is 0. The zero-order chi connectivity index (χ0) is 17.7. The predicted octanol–water partition coefficient (Wildman–Crippen LogP) is -0.837. The van der Waals surface area contributed by atoms with Crippen LogP contribution in [0.1, 0.15) is 20.8 Å². The number of quaternary nitrogens is 2. The Morgan fingerprint density at radius 2 is 1.58 bits per heavy atom. The molecule has 0 atom stereocenters. The third-order valence-corrected chi connectivity index (χ3v) is 4.47. The Hall–Kier alpha value is -1.79. The molecular weight excluding hydrogens is 309 g/mol. The molecule has 1 fully saturated rings. The zero-order valence-corrected chi connectivity index (χ0v) is 14.7. The van der Waals surface area contributed by atoms with E-state index in [2.05, 4.69) is 5.32 Å². The Balaban J connectivity index is 1.76. The van der Waals surface area contributed by atoms with Crippen LogP contribution in [0.25, 0.3) is 0 Å². The minimum atomic E-state index is -0.421. The summed E-state index contributed by atoms with van der Waals surface area (Å²) in [5, 5.41) is 2.63. The molecule has 5 nitrogen and oxygen atoms in total. The fraction of sp³-hybridized carbons (Fsp3) is 0.556. The van der Waals surface area contributed by atoms with Crippen molar-refractivity contribution < 1.29 is 23.8 Å². The maximum atomic E-state index is 13.5. The summed E-state index contributed by atoms with van der Waals surface area (Å²) < 4.78 is 13.5. The summed E-state index contributed by atoms with van der Waals surface area (Å²) in [6.45, 7) is 10.2. The van der Waals surface area contributed by atoms with Crippen LogP contribution < -0.4 is 15.1 Å². The smallest absolute Gasteiger partial charge is 0.279 e. The highest BCUT2D eigenvalue weighted by Gasteiger charge is 2.30. The standard InChI is InChI=1S/C18H26FN3O2/c1-18(2,3)16(23)12-21-8-10-22(11-9-21)13-17(24)20-15-7-5-4-6-14(15)19/h4-7H,8-13H2,1-3H3,(H,20,24)/p+2. The Bertz CT molecular complexity index is 590. The SMILES string of the molecule is CC(C)(C)C(=O)C[NH+]1CC[NH+](CC(=O)Nc2ccccc2F)CC1. The molecule has 1 aliphatic heterocycles.